The Balaban J connectivity index is 1.52. The van der Waals surface area contributed by atoms with Crippen molar-refractivity contribution in [2.45, 2.75) is 30.3 Å². The summed E-state index contributed by atoms with van der Waals surface area (Å²) in [5.41, 5.74) is 1.43. The maximum absolute atomic E-state index is 13.6. The molecule has 0 saturated carbocycles. The van der Waals surface area contributed by atoms with Gasteiger partial charge in [0.1, 0.15) is 6.04 Å². The zero-order valence-electron chi connectivity index (χ0n) is 19.9. The summed E-state index contributed by atoms with van der Waals surface area (Å²) in [6.45, 7) is 2.88. The minimum atomic E-state index is -3.97. The molecule has 1 aliphatic rings. The van der Waals surface area contributed by atoms with Crippen molar-refractivity contribution in [3.63, 3.8) is 0 Å². The van der Waals surface area contributed by atoms with E-state index in [1.165, 1.54) is 24.3 Å². The molecule has 7 nitrogen and oxygen atoms in total. The second-order valence-corrected chi connectivity index (χ2v) is 11.0. The molecule has 4 rings (SSSR count). The van der Waals surface area contributed by atoms with Crippen molar-refractivity contribution in [1.82, 2.24) is 14.5 Å². The molecule has 188 valence electrons. The van der Waals surface area contributed by atoms with Gasteiger partial charge in [-0.3, -0.25) is 9.59 Å². The second-order valence-electron chi connectivity index (χ2n) is 8.82. The molecule has 1 aliphatic heterocycles. The number of sulfonamides is 1. The number of rotatable bonds is 7. The number of hydrogen-bond acceptors (Lipinski definition) is 4. The Bertz CT molecular complexity index is 1300. The second kappa shape index (κ2) is 11.2. The third-order valence-corrected chi connectivity index (χ3v) is 7.96. The van der Waals surface area contributed by atoms with Gasteiger partial charge in [-0.1, -0.05) is 60.1 Å². The zero-order valence-corrected chi connectivity index (χ0v) is 21.5. The molecular weight excluding hydrogens is 498 g/mol. The largest absolute Gasteiger partial charge is 0.337 e. The van der Waals surface area contributed by atoms with Crippen LogP contribution in [-0.2, 0) is 21.2 Å². The molecule has 1 N–H and O–H groups in total. The van der Waals surface area contributed by atoms with Crippen LogP contribution in [0.3, 0.4) is 0 Å². The van der Waals surface area contributed by atoms with Crippen molar-refractivity contribution in [3.8, 4) is 0 Å². The average Bonchev–Trinajstić information content (AvgIpc) is 2.88. The molecule has 2 atom stereocenters. The van der Waals surface area contributed by atoms with E-state index in [2.05, 4.69) is 4.72 Å². The van der Waals surface area contributed by atoms with Gasteiger partial charge in [-0.15, -0.1) is 0 Å². The molecule has 36 heavy (non-hydrogen) atoms. The summed E-state index contributed by atoms with van der Waals surface area (Å²) in [6, 6.07) is 22.9. The van der Waals surface area contributed by atoms with Crippen molar-refractivity contribution in [1.29, 1.82) is 0 Å². The van der Waals surface area contributed by atoms with Gasteiger partial charge in [0.15, 0.2) is 0 Å². The third kappa shape index (κ3) is 6.13. The van der Waals surface area contributed by atoms with Crippen LogP contribution in [0.15, 0.2) is 89.8 Å². The highest BCUT2D eigenvalue weighted by Crippen LogP contribution is 2.19. The predicted molar refractivity (Wildman–Crippen MR) is 139 cm³/mol. The Morgan fingerprint density at radius 3 is 2.17 bits per heavy atom. The number of nitrogens with zero attached hydrogens (tertiary/aromatic N) is 2. The third-order valence-electron chi connectivity index (χ3n) is 6.22. The highest BCUT2D eigenvalue weighted by atomic mass is 35.5. The fourth-order valence-corrected chi connectivity index (χ4v) is 5.64. The molecule has 1 heterocycles. The van der Waals surface area contributed by atoms with Crippen LogP contribution < -0.4 is 4.72 Å². The number of piperazine rings is 1. The number of benzene rings is 3. The Hall–Kier alpha value is -3.20. The summed E-state index contributed by atoms with van der Waals surface area (Å²) >= 11 is 5.91. The predicted octanol–water partition coefficient (Wildman–Crippen LogP) is 3.60. The van der Waals surface area contributed by atoms with Gasteiger partial charge < -0.3 is 9.80 Å². The molecular formula is C27H28ClN3O4S. The number of nitrogens with one attached hydrogen (secondary N) is 1. The van der Waals surface area contributed by atoms with Gasteiger partial charge in [0.2, 0.25) is 15.9 Å². The summed E-state index contributed by atoms with van der Waals surface area (Å²) in [5, 5.41) is 0.419. The lowest BCUT2D eigenvalue weighted by Gasteiger charge is -2.41. The van der Waals surface area contributed by atoms with Crippen LogP contribution in [0.5, 0.6) is 0 Å². The Labute approximate surface area is 216 Å². The van der Waals surface area contributed by atoms with Crippen LogP contribution >= 0.6 is 11.6 Å². The van der Waals surface area contributed by atoms with Gasteiger partial charge in [0.25, 0.3) is 5.91 Å². The molecule has 3 aromatic rings. The van der Waals surface area contributed by atoms with Crippen LogP contribution in [0.25, 0.3) is 0 Å². The van der Waals surface area contributed by atoms with Crippen LogP contribution in [0.4, 0.5) is 0 Å². The number of carbonyl (C=O) groups is 2. The first-order valence-electron chi connectivity index (χ1n) is 11.7. The Kier molecular flexibility index (Phi) is 8.08. The fourth-order valence-electron chi connectivity index (χ4n) is 4.32. The number of halogens is 1. The van der Waals surface area contributed by atoms with E-state index in [1.807, 2.05) is 55.5 Å². The summed E-state index contributed by atoms with van der Waals surface area (Å²) < 4.78 is 28.8. The van der Waals surface area contributed by atoms with Gasteiger partial charge in [-0.25, -0.2) is 8.42 Å². The van der Waals surface area contributed by atoms with Crippen LogP contribution in [-0.4, -0.2) is 61.7 Å². The molecule has 0 spiro atoms. The van der Waals surface area contributed by atoms with E-state index in [1.54, 1.807) is 21.9 Å². The van der Waals surface area contributed by atoms with Crippen LogP contribution in [0.2, 0.25) is 5.02 Å². The summed E-state index contributed by atoms with van der Waals surface area (Å²) in [4.78, 5) is 30.0. The first-order chi connectivity index (χ1) is 17.2. The van der Waals surface area contributed by atoms with Crippen molar-refractivity contribution < 1.29 is 18.0 Å². The number of hydrogen-bond donors (Lipinski definition) is 1. The Morgan fingerprint density at radius 1 is 0.944 bits per heavy atom. The van der Waals surface area contributed by atoms with Crippen molar-refractivity contribution >= 4 is 33.4 Å². The van der Waals surface area contributed by atoms with E-state index < -0.39 is 16.1 Å². The lowest BCUT2D eigenvalue weighted by atomic mass is 10.0. The summed E-state index contributed by atoms with van der Waals surface area (Å²) in [6.07, 6.45) is 0.198. The van der Waals surface area contributed by atoms with Gasteiger partial charge >= 0.3 is 0 Å². The topological polar surface area (TPSA) is 86.8 Å². The SMILES string of the molecule is CC1CN(C(=O)C(Cc2ccccc2)NS(=O)(=O)c2ccc(Cl)cc2)CCN1C(=O)c1ccccc1. The van der Waals surface area contributed by atoms with Crippen LogP contribution in [0, 0.1) is 0 Å². The quantitative estimate of drug-likeness (QED) is 0.510. The van der Waals surface area contributed by atoms with Gasteiger partial charge in [0, 0.05) is 36.3 Å². The van der Waals surface area contributed by atoms with E-state index >= 15 is 0 Å². The average molecular weight is 526 g/mol. The zero-order chi connectivity index (χ0) is 25.7. The van der Waals surface area contributed by atoms with Crippen molar-refractivity contribution in [2.24, 2.45) is 0 Å². The molecule has 0 aromatic heterocycles. The molecule has 0 radical (unpaired) electrons. The van der Waals surface area contributed by atoms with Crippen molar-refractivity contribution in [2.75, 3.05) is 19.6 Å². The fraction of sp³-hybridized carbons (Fsp3) is 0.259. The molecule has 2 amide bonds. The van der Waals surface area contributed by atoms with E-state index in [9.17, 15) is 18.0 Å². The van der Waals surface area contributed by atoms with E-state index in [4.69, 9.17) is 11.6 Å². The maximum Gasteiger partial charge on any atom is 0.254 e. The van der Waals surface area contributed by atoms with E-state index in [-0.39, 0.29) is 29.2 Å². The highest BCUT2D eigenvalue weighted by molar-refractivity contribution is 7.89. The Morgan fingerprint density at radius 2 is 1.56 bits per heavy atom. The van der Waals surface area contributed by atoms with Gasteiger partial charge in [0.05, 0.1) is 4.90 Å². The van der Waals surface area contributed by atoms with Crippen LogP contribution in [0.1, 0.15) is 22.8 Å². The molecule has 2 unspecified atom stereocenters. The lowest BCUT2D eigenvalue weighted by molar-refractivity contribution is -0.135. The smallest absolute Gasteiger partial charge is 0.254 e. The summed E-state index contributed by atoms with van der Waals surface area (Å²) in [7, 11) is -3.97. The standard InChI is InChI=1S/C27H28ClN3O4S/c1-20-19-30(16-17-31(20)26(32)22-10-6-3-7-11-22)27(33)25(18-21-8-4-2-5-9-21)29-36(34,35)24-14-12-23(28)13-15-24/h2-15,20,25,29H,16-19H2,1H3. The lowest BCUT2D eigenvalue weighted by Crippen LogP contribution is -2.59. The molecule has 3 aromatic carbocycles. The van der Waals surface area contributed by atoms with E-state index in [0.29, 0.717) is 30.2 Å². The minimum Gasteiger partial charge on any atom is -0.337 e. The minimum absolute atomic E-state index is 0.0319. The normalized spacial score (nSPS) is 17.0. The van der Waals surface area contributed by atoms with Gasteiger partial charge in [-0.05, 0) is 55.3 Å². The molecule has 0 bridgehead atoms. The summed E-state index contributed by atoms with van der Waals surface area (Å²) in [5.74, 6) is -0.408. The first kappa shape index (κ1) is 25.9. The molecule has 1 saturated heterocycles. The maximum atomic E-state index is 13.6. The molecule has 9 heteroatoms. The van der Waals surface area contributed by atoms with Gasteiger partial charge in [-0.2, -0.15) is 4.72 Å². The monoisotopic (exact) mass is 525 g/mol. The first-order valence-corrected chi connectivity index (χ1v) is 13.6. The van der Waals surface area contributed by atoms with E-state index in [0.717, 1.165) is 5.56 Å². The number of amides is 2. The number of carbonyl (C=O) groups excluding carboxylic acids is 2. The molecule has 0 aliphatic carbocycles. The molecule has 1 fully saturated rings. The highest BCUT2D eigenvalue weighted by Gasteiger charge is 2.35. The van der Waals surface area contributed by atoms with Crippen molar-refractivity contribution in [3.05, 3.63) is 101 Å².